The number of pyridine rings is 1. The zero-order valence-corrected chi connectivity index (χ0v) is 22.8. The topological polar surface area (TPSA) is 120 Å². The second-order valence-corrected chi connectivity index (χ2v) is 12.0. The van der Waals surface area contributed by atoms with Gasteiger partial charge in [0.25, 0.3) is 0 Å². The predicted octanol–water partition coefficient (Wildman–Crippen LogP) is 1.91. The molecule has 1 N–H and O–H groups in total. The fourth-order valence-corrected chi connectivity index (χ4v) is 7.11. The molecule has 2 aliphatic rings. The molecule has 3 heterocycles. The Kier molecular flexibility index (Phi) is 7.80. The van der Waals surface area contributed by atoms with E-state index in [0.717, 1.165) is 4.31 Å². The van der Waals surface area contributed by atoms with Crippen LogP contribution in [0.2, 0.25) is 10.0 Å². The fourth-order valence-electron chi connectivity index (χ4n) is 4.78. The van der Waals surface area contributed by atoms with Gasteiger partial charge in [-0.25, -0.2) is 8.42 Å². The third kappa shape index (κ3) is 5.31. The summed E-state index contributed by atoms with van der Waals surface area (Å²) in [6.45, 7) is 4.54. The number of aromatic nitrogens is 1. The van der Waals surface area contributed by atoms with Crippen LogP contribution in [-0.2, 0) is 30.8 Å². The molecule has 0 bridgehead atoms. The van der Waals surface area contributed by atoms with Crippen molar-refractivity contribution >= 4 is 50.9 Å². The van der Waals surface area contributed by atoms with Crippen LogP contribution in [0.3, 0.4) is 0 Å². The molecule has 0 spiro atoms. The number of hydrogen-bond acceptors (Lipinski definition) is 6. The van der Waals surface area contributed by atoms with Gasteiger partial charge in [-0.1, -0.05) is 29.3 Å². The van der Waals surface area contributed by atoms with E-state index in [2.05, 4.69) is 10.3 Å². The number of hydrogen-bond donors (Lipinski definition) is 1. The summed E-state index contributed by atoms with van der Waals surface area (Å²) in [6.07, 6.45) is 2.30. The summed E-state index contributed by atoms with van der Waals surface area (Å²) < 4.78 is 29.1. The van der Waals surface area contributed by atoms with Crippen molar-refractivity contribution in [2.75, 3.05) is 13.1 Å². The lowest BCUT2D eigenvalue weighted by molar-refractivity contribution is -0.169. The van der Waals surface area contributed by atoms with Crippen LogP contribution in [0.15, 0.2) is 47.6 Å². The van der Waals surface area contributed by atoms with Crippen LogP contribution in [0.1, 0.15) is 26.3 Å². The minimum atomic E-state index is -4.29. The van der Waals surface area contributed by atoms with Crippen molar-refractivity contribution in [3.05, 3.63) is 58.3 Å². The first-order chi connectivity index (χ1) is 17.4. The van der Waals surface area contributed by atoms with Gasteiger partial charge < -0.3 is 15.1 Å². The number of benzene rings is 1. The van der Waals surface area contributed by atoms with E-state index < -0.39 is 40.1 Å². The highest BCUT2D eigenvalue weighted by atomic mass is 35.5. The Hall–Kier alpha value is -2.73. The van der Waals surface area contributed by atoms with Crippen molar-refractivity contribution in [3.8, 4) is 0 Å². The highest BCUT2D eigenvalue weighted by molar-refractivity contribution is 7.89. The van der Waals surface area contributed by atoms with Crippen LogP contribution in [0.4, 0.5) is 0 Å². The van der Waals surface area contributed by atoms with E-state index in [1.807, 2.05) is 13.8 Å². The molecule has 3 unspecified atom stereocenters. The standard InChI is InChI=1S/C24H27Cl2N5O5S/c1-14(2)29-13-22-30(37(35,36)21-7-6-17(25)10-18(21)26)12-19(28-15(3)32)23(33)31(22)20(24(29)34)9-16-5-4-8-27-11-16/h4-8,10-11,14,19-20,22H,9,12-13H2,1-3H3,(H,28,32). The third-order valence-electron chi connectivity index (χ3n) is 6.47. The average Bonchev–Trinajstić information content (AvgIpc) is 2.82. The molecule has 0 radical (unpaired) electrons. The normalized spacial score (nSPS) is 22.8. The third-order valence-corrected chi connectivity index (χ3v) is 9.05. The lowest BCUT2D eigenvalue weighted by Crippen LogP contribution is -2.76. The number of carbonyl (C=O) groups excluding carboxylic acids is 3. The average molecular weight is 568 g/mol. The van der Waals surface area contributed by atoms with Crippen molar-refractivity contribution in [1.29, 1.82) is 0 Å². The molecule has 10 nitrogen and oxygen atoms in total. The van der Waals surface area contributed by atoms with E-state index in [0.29, 0.717) is 5.56 Å². The molecule has 4 rings (SSSR count). The molecule has 3 atom stereocenters. The van der Waals surface area contributed by atoms with Crippen LogP contribution in [0.25, 0.3) is 0 Å². The summed E-state index contributed by atoms with van der Waals surface area (Å²) in [4.78, 5) is 46.1. The Bertz CT molecular complexity index is 1320. The van der Waals surface area contributed by atoms with Gasteiger partial charge in [0, 0.05) is 43.3 Å². The lowest BCUT2D eigenvalue weighted by Gasteiger charge is -2.54. The molecule has 2 fully saturated rings. The number of carbonyl (C=O) groups is 3. The Morgan fingerprint density at radius 2 is 1.89 bits per heavy atom. The van der Waals surface area contributed by atoms with Gasteiger partial charge in [-0.2, -0.15) is 4.31 Å². The van der Waals surface area contributed by atoms with Crippen LogP contribution >= 0.6 is 23.2 Å². The maximum absolute atomic E-state index is 14.0. The molecule has 0 aliphatic carbocycles. The first-order valence-electron chi connectivity index (χ1n) is 11.7. The molecule has 2 saturated heterocycles. The molecule has 37 heavy (non-hydrogen) atoms. The van der Waals surface area contributed by atoms with Gasteiger partial charge in [-0.3, -0.25) is 19.4 Å². The number of nitrogens with one attached hydrogen (secondary N) is 1. The number of amides is 3. The van der Waals surface area contributed by atoms with E-state index in [4.69, 9.17) is 23.2 Å². The Morgan fingerprint density at radius 3 is 2.49 bits per heavy atom. The van der Waals surface area contributed by atoms with E-state index in [9.17, 15) is 22.8 Å². The Labute approximate surface area is 225 Å². The summed E-state index contributed by atoms with van der Waals surface area (Å²) in [7, 11) is -4.29. The van der Waals surface area contributed by atoms with Gasteiger partial charge in [0.05, 0.1) is 11.6 Å². The Balaban J connectivity index is 1.85. The molecule has 1 aromatic carbocycles. The first-order valence-corrected chi connectivity index (χ1v) is 13.9. The predicted molar refractivity (Wildman–Crippen MR) is 137 cm³/mol. The van der Waals surface area contributed by atoms with Gasteiger partial charge >= 0.3 is 0 Å². The van der Waals surface area contributed by atoms with Crippen molar-refractivity contribution < 1.29 is 22.8 Å². The zero-order chi connectivity index (χ0) is 27.1. The van der Waals surface area contributed by atoms with Crippen LogP contribution < -0.4 is 5.32 Å². The van der Waals surface area contributed by atoms with Crippen LogP contribution in [0, 0.1) is 0 Å². The minimum Gasteiger partial charge on any atom is -0.343 e. The summed E-state index contributed by atoms with van der Waals surface area (Å²) in [6, 6.07) is 5.09. The zero-order valence-electron chi connectivity index (χ0n) is 20.5. The number of halogens is 2. The van der Waals surface area contributed by atoms with Gasteiger partial charge in [0.15, 0.2) is 0 Å². The molecular weight excluding hydrogens is 541 g/mol. The van der Waals surface area contributed by atoms with Gasteiger partial charge in [-0.05, 0) is 43.7 Å². The largest absolute Gasteiger partial charge is 0.343 e. The summed E-state index contributed by atoms with van der Waals surface area (Å²) in [5.74, 6) is -1.34. The number of nitrogens with zero attached hydrogens (tertiary/aromatic N) is 4. The molecule has 2 aliphatic heterocycles. The smallest absolute Gasteiger partial charge is 0.248 e. The molecule has 3 amide bonds. The molecule has 1 aromatic heterocycles. The quantitative estimate of drug-likeness (QED) is 0.569. The summed E-state index contributed by atoms with van der Waals surface area (Å²) >= 11 is 12.3. The van der Waals surface area contributed by atoms with Gasteiger partial charge in [0.1, 0.15) is 23.1 Å². The number of sulfonamides is 1. The fraction of sp³-hybridized carbons (Fsp3) is 0.417. The lowest BCUT2D eigenvalue weighted by atomic mass is 9.97. The van der Waals surface area contributed by atoms with E-state index in [1.165, 1.54) is 30.0 Å². The second kappa shape index (κ2) is 10.6. The second-order valence-electron chi connectivity index (χ2n) is 9.29. The van der Waals surface area contributed by atoms with E-state index >= 15 is 0 Å². The maximum Gasteiger partial charge on any atom is 0.248 e. The Morgan fingerprint density at radius 1 is 1.16 bits per heavy atom. The van der Waals surface area contributed by atoms with E-state index in [1.54, 1.807) is 29.4 Å². The number of rotatable bonds is 6. The first kappa shape index (κ1) is 27.3. The minimum absolute atomic E-state index is 0.0387. The van der Waals surface area contributed by atoms with E-state index in [-0.39, 0.29) is 46.4 Å². The number of fused-ring (bicyclic) bond motifs is 1. The van der Waals surface area contributed by atoms with Gasteiger partial charge in [0.2, 0.25) is 27.7 Å². The molecular formula is C24H27Cl2N5O5S. The van der Waals surface area contributed by atoms with Crippen molar-refractivity contribution in [2.45, 2.75) is 56.4 Å². The molecule has 0 saturated carbocycles. The monoisotopic (exact) mass is 567 g/mol. The van der Waals surface area contributed by atoms with Gasteiger partial charge in [-0.15, -0.1) is 0 Å². The highest BCUT2D eigenvalue weighted by Gasteiger charge is 2.54. The van der Waals surface area contributed by atoms with Crippen LogP contribution in [-0.4, -0.2) is 82.6 Å². The highest BCUT2D eigenvalue weighted by Crippen LogP contribution is 2.35. The summed E-state index contributed by atoms with van der Waals surface area (Å²) in [5, 5.41) is 2.74. The summed E-state index contributed by atoms with van der Waals surface area (Å²) in [5.41, 5.74) is 0.704. The SMILES string of the molecule is CC(=O)NC1CN(S(=O)(=O)c2ccc(Cl)cc2Cl)C2CN(C(C)C)C(=O)C(Cc3cccnc3)N2C1=O. The van der Waals surface area contributed by atoms with Crippen molar-refractivity contribution in [2.24, 2.45) is 0 Å². The molecule has 198 valence electrons. The number of piperazine rings is 1. The molecule has 2 aromatic rings. The van der Waals surface area contributed by atoms with Crippen molar-refractivity contribution in [1.82, 2.24) is 24.4 Å². The van der Waals surface area contributed by atoms with Crippen molar-refractivity contribution in [3.63, 3.8) is 0 Å². The maximum atomic E-state index is 14.0. The molecule has 13 heteroatoms. The van der Waals surface area contributed by atoms with Crippen LogP contribution in [0.5, 0.6) is 0 Å².